The summed E-state index contributed by atoms with van der Waals surface area (Å²) in [6.07, 6.45) is 9.80. The minimum atomic E-state index is -0.639. The molecule has 0 spiro atoms. The normalized spacial score (nSPS) is 20.2. The van der Waals surface area contributed by atoms with Gasteiger partial charge in [0.1, 0.15) is 11.5 Å². The molecule has 7 heteroatoms. The predicted octanol–water partition coefficient (Wildman–Crippen LogP) is 4.88. The zero-order chi connectivity index (χ0) is 22.9. The Morgan fingerprint density at radius 2 is 2.15 bits per heavy atom. The largest absolute Gasteiger partial charge is 0.505 e. The number of nitrogens with one attached hydrogen (secondary N) is 1. The zero-order valence-electron chi connectivity index (χ0n) is 19.0. The molecule has 3 aliphatic rings. The maximum atomic E-state index is 14.5. The van der Waals surface area contributed by atoms with Gasteiger partial charge in [-0.1, -0.05) is 12.5 Å². The molecule has 1 unspecified atom stereocenters. The van der Waals surface area contributed by atoms with E-state index in [0.29, 0.717) is 36.2 Å². The van der Waals surface area contributed by atoms with E-state index in [0.717, 1.165) is 42.3 Å². The number of fused-ring (bicyclic) bond motifs is 1. The van der Waals surface area contributed by atoms with E-state index in [4.69, 9.17) is 4.98 Å². The van der Waals surface area contributed by atoms with Crippen LogP contribution in [0.25, 0.3) is 6.08 Å². The Hall–Kier alpha value is -3.06. The molecule has 0 amide bonds. The standard InChI is InChI=1S/C26H30FN5O/c1-16-13-18-14-17(26(33)24(27)25(18)29-16)5-3-8-22-21(28-2)9-10-23(31-22)32-12-11-20(15-32)30-19-6-4-7-19/h3,8-10,14,19-20,30,33H,2,4-7,11-13,15H2,1H3/b8-3-. The molecule has 0 bridgehead atoms. The van der Waals surface area contributed by atoms with Crippen LogP contribution in [0.2, 0.25) is 0 Å². The van der Waals surface area contributed by atoms with Crippen molar-refractivity contribution in [2.45, 2.75) is 57.5 Å². The van der Waals surface area contributed by atoms with Gasteiger partial charge in [-0.25, -0.2) is 9.37 Å². The van der Waals surface area contributed by atoms with Gasteiger partial charge in [0, 0.05) is 42.9 Å². The van der Waals surface area contributed by atoms with E-state index in [-0.39, 0.29) is 11.4 Å². The SMILES string of the molecule is C=Nc1ccc(N2CCC(NC3CCC3)C2)nc1/C=C\Cc1cc2c(c(F)c1O)N=C(C)C2. The van der Waals surface area contributed by atoms with Gasteiger partial charge in [0.15, 0.2) is 11.6 Å². The topological polar surface area (TPSA) is 73.1 Å². The Kier molecular flexibility index (Phi) is 5.98. The van der Waals surface area contributed by atoms with Crippen LogP contribution >= 0.6 is 0 Å². The monoisotopic (exact) mass is 447 g/mol. The van der Waals surface area contributed by atoms with E-state index in [9.17, 15) is 9.50 Å². The van der Waals surface area contributed by atoms with Crippen molar-refractivity contribution in [3.63, 3.8) is 0 Å². The number of pyridine rings is 1. The summed E-state index contributed by atoms with van der Waals surface area (Å²) in [6.45, 7) is 7.47. The minimum Gasteiger partial charge on any atom is -0.505 e. The number of halogens is 1. The first-order chi connectivity index (χ1) is 16.0. The Morgan fingerprint density at radius 3 is 2.91 bits per heavy atom. The minimum absolute atomic E-state index is 0.265. The second-order valence-corrected chi connectivity index (χ2v) is 9.29. The third-order valence-corrected chi connectivity index (χ3v) is 6.88. The molecule has 1 saturated carbocycles. The Labute approximate surface area is 194 Å². The molecule has 1 saturated heterocycles. The number of hydrogen-bond acceptors (Lipinski definition) is 6. The van der Waals surface area contributed by atoms with Crippen LogP contribution in [0.1, 0.15) is 49.4 Å². The highest BCUT2D eigenvalue weighted by Gasteiger charge is 2.28. The lowest BCUT2D eigenvalue weighted by Gasteiger charge is -2.30. The van der Waals surface area contributed by atoms with Crippen molar-refractivity contribution in [1.29, 1.82) is 0 Å². The van der Waals surface area contributed by atoms with Crippen LogP contribution in [0.5, 0.6) is 5.75 Å². The third kappa shape index (κ3) is 4.42. The number of rotatable bonds is 7. The Bertz CT molecular complexity index is 1140. The number of phenols is 1. The number of aromatic hydroxyl groups is 1. The highest BCUT2D eigenvalue weighted by Crippen LogP contribution is 2.38. The Balaban J connectivity index is 1.30. The molecule has 33 heavy (non-hydrogen) atoms. The highest BCUT2D eigenvalue weighted by atomic mass is 19.1. The van der Waals surface area contributed by atoms with Gasteiger partial charge >= 0.3 is 0 Å². The van der Waals surface area contributed by atoms with Gasteiger partial charge in [-0.2, -0.15) is 0 Å². The summed E-state index contributed by atoms with van der Waals surface area (Å²) in [6, 6.07) is 6.97. The summed E-state index contributed by atoms with van der Waals surface area (Å²) in [7, 11) is 0. The van der Waals surface area contributed by atoms with E-state index in [1.54, 1.807) is 0 Å². The van der Waals surface area contributed by atoms with Gasteiger partial charge in [-0.3, -0.25) is 9.98 Å². The van der Waals surface area contributed by atoms with Gasteiger partial charge in [-0.05, 0) is 69.2 Å². The molecule has 5 rings (SSSR count). The molecule has 1 aliphatic carbocycles. The van der Waals surface area contributed by atoms with Crippen LogP contribution in [0.15, 0.2) is 34.3 Å². The van der Waals surface area contributed by atoms with Crippen LogP contribution in [0.3, 0.4) is 0 Å². The fourth-order valence-corrected chi connectivity index (χ4v) is 4.86. The summed E-state index contributed by atoms with van der Waals surface area (Å²) in [5.41, 5.74) is 3.90. The number of phenolic OH excluding ortho intramolecular Hbond substituents is 1. The number of anilines is 1. The van der Waals surface area contributed by atoms with Crippen molar-refractivity contribution < 1.29 is 9.50 Å². The lowest BCUT2D eigenvalue weighted by atomic mass is 9.92. The second-order valence-electron chi connectivity index (χ2n) is 9.29. The van der Waals surface area contributed by atoms with Crippen molar-refractivity contribution in [1.82, 2.24) is 10.3 Å². The molecule has 2 N–H and O–H groups in total. The molecule has 1 aromatic carbocycles. The fraction of sp³-hybridized carbons (Fsp3) is 0.423. The summed E-state index contributed by atoms with van der Waals surface area (Å²) in [5, 5.41) is 14.1. The number of nitrogens with zero attached hydrogens (tertiary/aromatic N) is 4. The van der Waals surface area contributed by atoms with Crippen LogP contribution in [-0.4, -0.2) is 47.7 Å². The summed E-state index contributed by atoms with van der Waals surface area (Å²) in [4.78, 5) is 15.5. The van der Waals surface area contributed by atoms with Crippen LogP contribution < -0.4 is 10.2 Å². The molecule has 1 aromatic heterocycles. The molecule has 3 heterocycles. The van der Waals surface area contributed by atoms with Crippen LogP contribution in [0, 0.1) is 5.82 Å². The number of benzene rings is 1. The summed E-state index contributed by atoms with van der Waals surface area (Å²) >= 11 is 0. The number of hydrogen-bond donors (Lipinski definition) is 2. The molecule has 2 aliphatic heterocycles. The summed E-state index contributed by atoms with van der Waals surface area (Å²) in [5.74, 6) is -0.0397. The average Bonchev–Trinajstić information content (AvgIpc) is 3.40. The number of allylic oxidation sites excluding steroid dienone is 1. The van der Waals surface area contributed by atoms with Crippen molar-refractivity contribution in [2.24, 2.45) is 9.98 Å². The smallest absolute Gasteiger partial charge is 0.190 e. The van der Waals surface area contributed by atoms with Crippen LogP contribution in [-0.2, 0) is 12.8 Å². The second kappa shape index (κ2) is 9.06. The fourth-order valence-electron chi connectivity index (χ4n) is 4.86. The van der Waals surface area contributed by atoms with Crippen molar-refractivity contribution in [2.75, 3.05) is 18.0 Å². The first kappa shape index (κ1) is 21.8. The van der Waals surface area contributed by atoms with Gasteiger partial charge in [0.2, 0.25) is 0 Å². The molecule has 2 aromatic rings. The highest BCUT2D eigenvalue weighted by molar-refractivity contribution is 5.92. The lowest BCUT2D eigenvalue weighted by molar-refractivity contribution is 0.311. The Morgan fingerprint density at radius 1 is 1.30 bits per heavy atom. The van der Waals surface area contributed by atoms with Crippen molar-refractivity contribution in [3.8, 4) is 5.75 Å². The molecule has 2 fully saturated rings. The summed E-state index contributed by atoms with van der Waals surface area (Å²) < 4.78 is 14.5. The maximum absolute atomic E-state index is 14.5. The zero-order valence-corrected chi connectivity index (χ0v) is 19.0. The van der Waals surface area contributed by atoms with Gasteiger partial charge in [0.25, 0.3) is 0 Å². The molecular formula is C26H30FN5O. The first-order valence-electron chi connectivity index (χ1n) is 11.7. The third-order valence-electron chi connectivity index (χ3n) is 6.88. The van der Waals surface area contributed by atoms with Gasteiger partial charge in [-0.15, -0.1) is 0 Å². The number of aliphatic imine (C=N–C) groups is 2. The molecule has 6 nitrogen and oxygen atoms in total. The van der Waals surface area contributed by atoms with E-state index in [2.05, 4.69) is 26.9 Å². The molecule has 172 valence electrons. The van der Waals surface area contributed by atoms with E-state index in [1.165, 1.54) is 19.3 Å². The lowest BCUT2D eigenvalue weighted by Crippen LogP contribution is -2.43. The molecular weight excluding hydrogens is 417 g/mol. The van der Waals surface area contributed by atoms with E-state index >= 15 is 0 Å². The van der Waals surface area contributed by atoms with Gasteiger partial charge < -0.3 is 15.3 Å². The van der Waals surface area contributed by atoms with Crippen LogP contribution in [0.4, 0.5) is 21.6 Å². The van der Waals surface area contributed by atoms with E-state index < -0.39 is 5.82 Å². The van der Waals surface area contributed by atoms with Gasteiger partial charge in [0.05, 0.1) is 11.4 Å². The van der Waals surface area contributed by atoms with Crippen molar-refractivity contribution in [3.05, 3.63) is 46.9 Å². The average molecular weight is 448 g/mol. The first-order valence-corrected chi connectivity index (χ1v) is 11.7. The molecule has 0 radical (unpaired) electrons. The molecule has 1 atom stereocenters. The van der Waals surface area contributed by atoms with E-state index in [1.807, 2.05) is 37.3 Å². The quantitative estimate of drug-likeness (QED) is 0.593. The maximum Gasteiger partial charge on any atom is 0.190 e. The predicted molar refractivity (Wildman–Crippen MR) is 132 cm³/mol. The van der Waals surface area contributed by atoms with Crippen molar-refractivity contribution >= 4 is 35.7 Å². The number of aromatic nitrogens is 1.